The van der Waals surface area contributed by atoms with E-state index >= 15 is 0 Å². The Kier molecular flexibility index (Phi) is 6.33. The Balaban J connectivity index is 2.21. The van der Waals surface area contributed by atoms with E-state index in [9.17, 15) is 10.1 Å². The molecule has 0 aliphatic heterocycles. The minimum absolute atomic E-state index is 0.0471. The Labute approximate surface area is 143 Å². The molecular formula is C21H22N2O. The number of nitrogens with zero attached hydrogens (tertiary/aromatic N) is 1. The van der Waals surface area contributed by atoms with Crippen molar-refractivity contribution < 1.29 is 4.79 Å². The lowest BCUT2D eigenvalue weighted by Gasteiger charge is -2.19. The second-order valence-corrected chi connectivity index (χ2v) is 6.11. The van der Waals surface area contributed by atoms with Crippen molar-refractivity contribution >= 4 is 11.4 Å². The maximum Gasteiger partial charge on any atom is 0.184 e. The zero-order valence-electron chi connectivity index (χ0n) is 14.1. The molecule has 0 aliphatic carbocycles. The van der Waals surface area contributed by atoms with Crippen LogP contribution in [0, 0.1) is 17.2 Å². The molecule has 24 heavy (non-hydrogen) atoms. The molecule has 0 amide bonds. The fraction of sp³-hybridized carbons (Fsp3) is 0.238. The third-order valence-corrected chi connectivity index (χ3v) is 3.72. The topological polar surface area (TPSA) is 52.9 Å². The number of benzene rings is 2. The van der Waals surface area contributed by atoms with E-state index in [-0.39, 0.29) is 11.8 Å². The monoisotopic (exact) mass is 318 g/mol. The number of rotatable bonds is 7. The maximum atomic E-state index is 12.7. The molecule has 2 aromatic rings. The number of carbonyl (C=O) groups is 1. The van der Waals surface area contributed by atoms with Crippen LogP contribution in [-0.4, -0.2) is 11.8 Å². The number of Topliss-reactive ketones (excluding diaryl/α,β-unsaturated/α-hetero) is 1. The van der Waals surface area contributed by atoms with Gasteiger partial charge in [0.1, 0.15) is 6.07 Å². The molecule has 0 bridgehead atoms. The Bertz CT molecular complexity index is 727. The number of hydrogen-bond donors (Lipinski definition) is 1. The summed E-state index contributed by atoms with van der Waals surface area (Å²) in [6, 6.07) is 20.6. The van der Waals surface area contributed by atoms with Gasteiger partial charge in [-0.3, -0.25) is 4.79 Å². The van der Waals surface area contributed by atoms with Gasteiger partial charge in [0.05, 0.1) is 11.6 Å². The van der Waals surface area contributed by atoms with E-state index in [1.54, 1.807) is 6.20 Å². The molecule has 3 nitrogen and oxygen atoms in total. The predicted molar refractivity (Wildman–Crippen MR) is 97.2 cm³/mol. The van der Waals surface area contributed by atoms with E-state index in [0.29, 0.717) is 23.5 Å². The minimum Gasteiger partial charge on any atom is -0.380 e. The Hall–Kier alpha value is -2.86. The fourth-order valence-electron chi connectivity index (χ4n) is 2.51. The molecule has 0 saturated heterocycles. The first-order valence-electron chi connectivity index (χ1n) is 8.12. The second kappa shape index (κ2) is 8.69. The number of allylic oxidation sites excluding steroid dienone is 1. The molecule has 1 N–H and O–H groups in total. The fourth-order valence-corrected chi connectivity index (χ4v) is 2.51. The maximum absolute atomic E-state index is 12.7. The highest BCUT2D eigenvalue weighted by molar-refractivity contribution is 6.00. The molecule has 0 unspecified atom stereocenters. The van der Waals surface area contributed by atoms with Gasteiger partial charge in [-0.15, -0.1) is 0 Å². The molecule has 0 aromatic heterocycles. The normalized spacial score (nSPS) is 12.5. The molecule has 2 rings (SSSR count). The van der Waals surface area contributed by atoms with Crippen LogP contribution in [-0.2, 0) is 0 Å². The smallest absolute Gasteiger partial charge is 0.184 e. The van der Waals surface area contributed by atoms with Crippen LogP contribution in [0.2, 0.25) is 0 Å². The van der Waals surface area contributed by atoms with Crippen molar-refractivity contribution in [1.82, 2.24) is 5.32 Å². The molecular weight excluding hydrogens is 296 g/mol. The van der Waals surface area contributed by atoms with Gasteiger partial charge in [0.2, 0.25) is 0 Å². The highest BCUT2D eigenvalue weighted by Crippen LogP contribution is 2.15. The molecule has 0 saturated carbocycles. The summed E-state index contributed by atoms with van der Waals surface area (Å²) in [4.78, 5) is 12.7. The van der Waals surface area contributed by atoms with Crippen LogP contribution in [0.25, 0.3) is 5.57 Å². The molecule has 3 heteroatoms. The van der Waals surface area contributed by atoms with E-state index < -0.39 is 0 Å². The molecule has 1 atom stereocenters. The first-order valence-corrected chi connectivity index (χ1v) is 8.12. The lowest BCUT2D eigenvalue weighted by atomic mass is 9.96. The summed E-state index contributed by atoms with van der Waals surface area (Å²) >= 11 is 0. The number of nitrogens with one attached hydrogen (secondary N) is 1. The number of nitriles is 1. The molecule has 0 fully saturated rings. The third-order valence-electron chi connectivity index (χ3n) is 3.72. The number of ketones is 1. The average molecular weight is 318 g/mol. The molecule has 2 aromatic carbocycles. The van der Waals surface area contributed by atoms with Crippen molar-refractivity contribution in [2.75, 3.05) is 0 Å². The van der Waals surface area contributed by atoms with Gasteiger partial charge >= 0.3 is 0 Å². The standard InChI is InChI=1S/C21H22N2O/c1-16(2)13-20(21(24)18-11-7-4-8-12-18)23-15-19(14-22)17-9-5-3-6-10-17/h3-12,15-16,20,23H,13H2,1-2H3/b19-15+/t20-/m0/s1. The quantitative estimate of drug-likeness (QED) is 0.606. The van der Waals surface area contributed by atoms with Gasteiger partial charge in [-0.25, -0.2) is 0 Å². The van der Waals surface area contributed by atoms with Gasteiger partial charge in [0.15, 0.2) is 5.78 Å². The predicted octanol–water partition coefficient (Wildman–Crippen LogP) is 4.44. The van der Waals surface area contributed by atoms with Crippen LogP contribution < -0.4 is 5.32 Å². The minimum atomic E-state index is -0.348. The van der Waals surface area contributed by atoms with Crippen LogP contribution in [0.15, 0.2) is 66.9 Å². The highest BCUT2D eigenvalue weighted by atomic mass is 16.1. The van der Waals surface area contributed by atoms with Crippen LogP contribution in [0.5, 0.6) is 0 Å². The third kappa shape index (κ3) is 4.82. The van der Waals surface area contributed by atoms with Gasteiger partial charge in [0, 0.05) is 11.8 Å². The number of hydrogen-bond acceptors (Lipinski definition) is 3. The van der Waals surface area contributed by atoms with E-state index in [0.717, 1.165) is 5.56 Å². The second-order valence-electron chi connectivity index (χ2n) is 6.11. The summed E-state index contributed by atoms with van der Waals surface area (Å²) in [6.07, 6.45) is 2.36. The molecule has 0 heterocycles. The van der Waals surface area contributed by atoms with Crippen LogP contribution >= 0.6 is 0 Å². The molecule has 0 radical (unpaired) electrons. The van der Waals surface area contributed by atoms with Crippen molar-refractivity contribution in [3.05, 3.63) is 78.0 Å². The van der Waals surface area contributed by atoms with Gasteiger partial charge in [-0.1, -0.05) is 74.5 Å². The summed E-state index contributed by atoms with van der Waals surface area (Å²) in [5.41, 5.74) is 2.04. The summed E-state index contributed by atoms with van der Waals surface area (Å²) in [7, 11) is 0. The lowest BCUT2D eigenvalue weighted by molar-refractivity contribution is 0.0938. The van der Waals surface area contributed by atoms with Gasteiger partial charge in [-0.2, -0.15) is 5.26 Å². The van der Waals surface area contributed by atoms with Crippen molar-refractivity contribution in [2.24, 2.45) is 5.92 Å². The number of carbonyl (C=O) groups excluding carboxylic acids is 1. The first kappa shape index (κ1) is 17.5. The van der Waals surface area contributed by atoms with E-state index in [2.05, 4.69) is 25.2 Å². The SMILES string of the molecule is CC(C)C[C@H](N/C=C(\C#N)c1ccccc1)C(=O)c1ccccc1. The van der Waals surface area contributed by atoms with Crippen molar-refractivity contribution in [3.63, 3.8) is 0 Å². The van der Waals surface area contributed by atoms with E-state index in [1.165, 1.54) is 0 Å². The summed E-state index contributed by atoms with van der Waals surface area (Å²) < 4.78 is 0. The average Bonchev–Trinajstić information content (AvgIpc) is 2.62. The van der Waals surface area contributed by atoms with E-state index in [1.807, 2.05) is 60.7 Å². The van der Waals surface area contributed by atoms with Crippen molar-refractivity contribution in [1.29, 1.82) is 5.26 Å². The lowest BCUT2D eigenvalue weighted by Crippen LogP contribution is -2.35. The Morgan fingerprint density at radius 1 is 1.04 bits per heavy atom. The van der Waals surface area contributed by atoms with Gasteiger partial charge in [0.25, 0.3) is 0 Å². The summed E-state index contributed by atoms with van der Waals surface area (Å²) in [5.74, 6) is 0.414. The molecule has 122 valence electrons. The van der Waals surface area contributed by atoms with Gasteiger partial charge < -0.3 is 5.32 Å². The van der Waals surface area contributed by atoms with E-state index in [4.69, 9.17) is 0 Å². The Morgan fingerprint density at radius 2 is 1.58 bits per heavy atom. The van der Waals surface area contributed by atoms with Crippen molar-refractivity contribution in [3.8, 4) is 6.07 Å². The largest absolute Gasteiger partial charge is 0.380 e. The zero-order chi connectivity index (χ0) is 17.4. The van der Waals surface area contributed by atoms with Crippen LogP contribution in [0.4, 0.5) is 0 Å². The van der Waals surface area contributed by atoms with Crippen LogP contribution in [0.3, 0.4) is 0 Å². The van der Waals surface area contributed by atoms with Crippen LogP contribution in [0.1, 0.15) is 36.2 Å². The Morgan fingerprint density at radius 3 is 2.08 bits per heavy atom. The highest BCUT2D eigenvalue weighted by Gasteiger charge is 2.20. The van der Waals surface area contributed by atoms with Gasteiger partial charge in [-0.05, 0) is 17.9 Å². The molecule has 0 spiro atoms. The first-order chi connectivity index (χ1) is 11.6. The molecule has 0 aliphatic rings. The summed E-state index contributed by atoms with van der Waals surface area (Å²) in [6.45, 7) is 4.16. The summed E-state index contributed by atoms with van der Waals surface area (Å²) in [5, 5.41) is 12.6. The zero-order valence-corrected chi connectivity index (χ0v) is 14.1. The van der Waals surface area contributed by atoms with Crippen molar-refractivity contribution in [2.45, 2.75) is 26.3 Å².